The number of benzene rings is 1. The second kappa shape index (κ2) is 7.47. The molecule has 5 rings (SSSR count). The molecule has 0 spiro atoms. The fourth-order valence-electron chi connectivity index (χ4n) is 4.68. The molecule has 1 atom stereocenters. The number of fused-ring (bicyclic) bond motifs is 1. The topological polar surface area (TPSA) is 76.1 Å². The van der Waals surface area contributed by atoms with Gasteiger partial charge in [0, 0.05) is 16.5 Å². The number of carbonyl (C=O) groups excluding carboxylic acids is 2. The first kappa shape index (κ1) is 19.2. The van der Waals surface area contributed by atoms with Crippen LogP contribution in [-0.4, -0.2) is 41.0 Å². The third kappa shape index (κ3) is 2.99. The molecule has 156 valence electrons. The molecular weight excluding hydrogens is 402 g/mol. The summed E-state index contributed by atoms with van der Waals surface area (Å²) in [5.74, 6) is -0.163. The third-order valence-corrected chi connectivity index (χ3v) is 7.24. The Hall–Kier alpha value is -2.80. The summed E-state index contributed by atoms with van der Waals surface area (Å²) in [7, 11) is 0. The Morgan fingerprint density at radius 2 is 1.83 bits per heavy atom. The molecule has 3 aliphatic rings. The van der Waals surface area contributed by atoms with Gasteiger partial charge >= 0.3 is 0 Å². The predicted octanol–water partition coefficient (Wildman–Crippen LogP) is 4.19. The van der Waals surface area contributed by atoms with E-state index in [1.165, 1.54) is 11.3 Å². The Bertz CT molecular complexity index is 1050. The van der Waals surface area contributed by atoms with Gasteiger partial charge < -0.3 is 19.5 Å². The number of carbonyl (C=O) groups is 2. The monoisotopic (exact) mass is 425 g/mol. The van der Waals surface area contributed by atoms with E-state index in [0.29, 0.717) is 30.3 Å². The molecular formula is C23H23NO5S. The maximum Gasteiger partial charge on any atom is 0.295 e. The molecule has 0 radical (unpaired) electrons. The molecule has 3 heterocycles. The standard InChI is InChI=1S/C23H23NO5S/c1-13-8-11-30-22(13)19-18(21(26)23(27)24(19)15-4-2-3-5-15)20(25)14-6-7-16-17(12-14)29-10-9-28-16/h6-8,11-12,15,19,25H,2-5,9-10H2,1H3/b20-18-. The van der Waals surface area contributed by atoms with Gasteiger partial charge in [-0.2, -0.15) is 0 Å². The first-order chi connectivity index (χ1) is 14.6. The largest absolute Gasteiger partial charge is 0.507 e. The maximum atomic E-state index is 13.1. The molecule has 1 aromatic carbocycles. The van der Waals surface area contributed by atoms with Crippen LogP contribution in [0.25, 0.3) is 5.76 Å². The minimum atomic E-state index is -0.618. The zero-order valence-corrected chi connectivity index (χ0v) is 17.5. The SMILES string of the molecule is Cc1ccsc1C1/C(=C(/O)c2ccc3c(c2)OCCO3)C(=O)C(=O)N1C1CCCC1. The Morgan fingerprint density at radius 3 is 2.53 bits per heavy atom. The van der Waals surface area contributed by atoms with Crippen molar-refractivity contribution in [2.45, 2.75) is 44.7 Å². The van der Waals surface area contributed by atoms with Crippen LogP contribution in [0.2, 0.25) is 0 Å². The Labute approximate surface area is 178 Å². The van der Waals surface area contributed by atoms with Gasteiger partial charge in [0.15, 0.2) is 11.5 Å². The molecule has 30 heavy (non-hydrogen) atoms. The summed E-state index contributed by atoms with van der Waals surface area (Å²) in [6.07, 6.45) is 3.87. The van der Waals surface area contributed by atoms with Gasteiger partial charge in [-0.05, 0) is 55.0 Å². The minimum Gasteiger partial charge on any atom is -0.507 e. The lowest BCUT2D eigenvalue weighted by atomic mass is 9.97. The summed E-state index contributed by atoms with van der Waals surface area (Å²) in [6.45, 7) is 2.88. The Balaban J connectivity index is 1.65. The van der Waals surface area contributed by atoms with E-state index in [1.807, 2.05) is 18.4 Å². The quantitative estimate of drug-likeness (QED) is 0.453. The van der Waals surface area contributed by atoms with Crippen LogP contribution >= 0.6 is 11.3 Å². The van der Waals surface area contributed by atoms with Crippen molar-refractivity contribution >= 4 is 28.8 Å². The number of aliphatic hydroxyl groups excluding tert-OH is 1. The molecule has 1 saturated carbocycles. The van der Waals surface area contributed by atoms with E-state index in [-0.39, 0.29) is 17.4 Å². The molecule has 0 bridgehead atoms. The normalized spacial score (nSPS) is 23.4. The zero-order chi connectivity index (χ0) is 20.8. The van der Waals surface area contributed by atoms with E-state index in [1.54, 1.807) is 23.1 Å². The van der Waals surface area contributed by atoms with Crippen molar-refractivity contribution in [3.63, 3.8) is 0 Å². The van der Waals surface area contributed by atoms with Crippen LogP contribution in [0.5, 0.6) is 11.5 Å². The van der Waals surface area contributed by atoms with Gasteiger partial charge in [-0.1, -0.05) is 12.8 Å². The van der Waals surface area contributed by atoms with Crippen LogP contribution < -0.4 is 9.47 Å². The van der Waals surface area contributed by atoms with Crippen molar-refractivity contribution in [1.82, 2.24) is 4.90 Å². The van der Waals surface area contributed by atoms with Crippen LogP contribution in [0, 0.1) is 6.92 Å². The average molecular weight is 426 g/mol. The lowest BCUT2D eigenvalue weighted by Crippen LogP contribution is -2.37. The van der Waals surface area contributed by atoms with Gasteiger partial charge in [0.05, 0.1) is 5.57 Å². The molecule has 6 nitrogen and oxygen atoms in total. The number of likely N-dealkylation sites (tertiary alicyclic amines) is 1. The summed E-state index contributed by atoms with van der Waals surface area (Å²) in [5.41, 5.74) is 1.62. The molecule has 7 heteroatoms. The van der Waals surface area contributed by atoms with E-state index in [4.69, 9.17) is 9.47 Å². The Kier molecular flexibility index (Phi) is 4.77. The molecule has 1 unspecified atom stereocenters. The zero-order valence-electron chi connectivity index (χ0n) is 16.7. The van der Waals surface area contributed by atoms with Crippen molar-refractivity contribution in [3.05, 3.63) is 51.2 Å². The number of nitrogens with zero attached hydrogens (tertiary/aromatic N) is 1. The van der Waals surface area contributed by atoms with Gasteiger partial charge in [-0.25, -0.2) is 0 Å². The second-order valence-electron chi connectivity index (χ2n) is 7.97. The number of Topliss-reactive ketones (excluding diaryl/α,β-unsaturated/α-hetero) is 1. The molecule has 1 N–H and O–H groups in total. The van der Waals surface area contributed by atoms with Crippen molar-refractivity contribution in [2.24, 2.45) is 0 Å². The number of hydrogen-bond donors (Lipinski definition) is 1. The van der Waals surface area contributed by atoms with Crippen LogP contribution in [0.4, 0.5) is 0 Å². The van der Waals surface area contributed by atoms with Crippen molar-refractivity contribution in [3.8, 4) is 11.5 Å². The number of hydrogen-bond acceptors (Lipinski definition) is 6. The molecule has 1 aromatic heterocycles. The molecule has 1 amide bonds. The van der Waals surface area contributed by atoms with E-state index in [9.17, 15) is 14.7 Å². The molecule has 1 aliphatic carbocycles. The third-order valence-electron chi connectivity index (χ3n) is 6.16. The van der Waals surface area contributed by atoms with Crippen molar-refractivity contribution in [1.29, 1.82) is 0 Å². The molecule has 2 aromatic rings. The summed E-state index contributed by atoms with van der Waals surface area (Å²) >= 11 is 1.52. The lowest BCUT2D eigenvalue weighted by molar-refractivity contribution is -0.141. The van der Waals surface area contributed by atoms with Crippen LogP contribution in [0.3, 0.4) is 0 Å². The number of ketones is 1. The number of aliphatic hydroxyl groups is 1. The number of rotatable bonds is 3. The molecule has 2 fully saturated rings. The predicted molar refractivity (Wildman–Crippen MR) is 113 cm³/mol. The summed E-state index contributed by atoms with van der Waals surface area (Å²) in [5, 5.41) is 13.2. The van der Waals surface area contributed by atoms with Gasteiger partial charge in [-0.3, -0.25) is 9.59 Å². The van der Waals surface area contributed by atoms with Gasteiger partial charge in [0.25, 0.3) is 11.7 Å². The number of ether oxygens (including phenoxy) is 2. The number of amides is 1. The van der Waals surface area contributed by atoms with Crippen LogP contribution in [0.1, 0.15) is 47.7 Å². The minimum absolute atomic E-state index is 0.0264. The lowest BCUT2D eigenvalue weighted by Gasteiger charge is -2.30. The highest BCUT2D eigenvalue weighted by Gasteiger charge is 2.50. The summed E-state index contributed by atoms with van der Waals surface area (Å²) in [4.78, 5) is 28.9. The summed E-state index contributed by atoms with van der Waals surface area (Å²) < 4.78 is 11.2. The second-order valence-corrected chi connectivity index (χ2v) is 8.92. The highest BCUT2D eigenvalue weighted by molar-refractivity contribution is 7.10. The Morgan fingerprint density at radius 1 is 1.10 bits per heavy atom. The molecule has 1 saturated heterocycles. The van der Waals surface area contributed by atoms with E-state index in [0.717, 1.165) is 36.1 Å². The molecule has 2 aliphatic heterocycles. The van der Waals surface area contributed by atoms with E-state index < -0.39 is 17.7 Å². The average Bonchev–Trinajstić information content (AvgIpc) is 3.48. The van der Waals surface area contributed by atoms with Crippen LogP contribution in [0.15, 0.2) is 35.2 Å². The number of thiophene rings is 1. The van der Waals surface area contributed by atoms with Crippen molar-refractivity contribution < 1.29 is 24.2 Å². The fraction of sp³-hybridized carbons (Fsp3) is 0.391. The van der Waals surface area contributed by atoms with Crippen LogP contribution in [-0.2, 0) is 9.59 Å². The van der Waals surface area contributed by atoms with Gasteiger partial charge in [-0.15, -0.1) is 11.3 Å². The first-order valence-corrected chi connectivity index (χ1v) is 11.2. The van der Waals surface area contributed by atoms with E-state index in [2.05, 4.69) is 0 Å². The smallest absolute Gasteiger partial charge is 0.295 e. The highest BCUT2D eigenvalue weighted by atomic mass is 32.1. The fourth-order valence-corrected chi connectivity index (χ4v) is 5.71. The first-order valence-electron chi connectivity index (χ1n) is 10.3. The number of aryl methyl sites for hydroxylation is 1. The van der Waals surface area contributed by atoms with E-state index >= 15 is 0 Å². The van der Waals surface area contributed by atoms with Crippen molar-refractivity contribution in [2.75, 3.05) is 13.2 Å². The summed E-state index contributed by atoms with van der Waals surface area (Å²) in [6, 6.07) is 6.55. The van der Waals surface area contributed by atoms with Gasteiger partial charge in [0.2, 0.25) is 0 Å². The van der Waals surface area contributed by atoms with Gasteiger partial charge in [0.1, 0.15) is 25.0 Å². The highest BCUT2D eigenvalue weighted by Crippen LogP contribution is 2.46. The maximum absolute atomic E-state index is 13.1.